The first-order valence-electron chi connectivity index (χ1n) is 11.9. The molecule has 184 valence electrons. The van der Waals surface area contributed by atoms with Gasteiger partial charge in [-0.05, 0) is 43.5 Å². The summed E-state index contributed by atoms with van der Waals surface area (Å²) < 4.78 is 10.9. The van der Waals surface area contributed by atoms with Crippen molar-refractivity contribution in [3.63, 3.8) is 0 Å². The highest BCUT2D eigenvalue weighted by molar-refractivity contribution is 6.32. The molecule has 0 spiro atoms. The molecule has 9 heteroatoms. The van der Waals surface area contributed by atoms with Gasteiger partial charge in [0.25, 0.3) is 0 Å². The average Bonchev–Trinajstić information content (AvgIpc) is 3.35. The molecule has 2 aromatic heterocycles. The number of aromatic nitrogens is 2. The van der Waals surface area contributed by atoms with Crippen LogP contribution in [0, 0.1) is 0 Å². The molecule has 0 radical (unpaired) electrons. The number of fused-ring (bicyclic) bond motifs is 1. The molecule has 5 rings (SSSR count). The predicted octanol–water partition coefficient (Wildman–Crippen LogP) is 4.73. The number of amides is 1. The summed E-state index contributed by atoms with van der Waals surface area (Å²) in [4.78, 5) is 22.8. The normalized spacial score (nSPS) is 18.3. The van der Waals surface area contributed by atoms with Gasteiger partial charge in [0, 0.05) is 42.5 Å². The van der Waals surface area contributed by atoms with Crippen LogP contribution >= 0.6 is 11.6 Å². The highest BCUT2D eigenvalue weighted by Gasteiger charge is 2.27. The van der Waals surface area contributed by atoms with Gasteiger partial charge in [0.2, 0.25) is 5.91 Å². The van der Waals surface area contributed by atoms with Crippen molar-refractivity contribution < 1.29 is 14.3 Å². The van der Waals surface area contributed by atoms with Gasteiger partial charge < -0.3 is 30.0 Å². The highest BCUT2D eigenvalue weighted by Crippen LogP contribution is 2.39. The molecule has 3 aromatic rings. The number of carbonyl (C=O) groups is 1. The van der Waals surface area contributed by atoms with Crippen LogP contribution in [0.25, 0.3) is 16.6 Å². The lowest BCUT2D eigenvalue weighted by molar-refractivity contribution is -0.133. The number of piperidine rings is 1. The van der Waals surface area contributed by atoms with Gasteiger partial charge in [0.05, 0.1) is 36.7 Å². The zero-order valence-electron chi connectivity index (χ0n) is 20.0. The van der Waals surface area contributed by atoms with Crippen LogP contribution in [0.2, 0.25) is 5.02 Å². The van der Waals surface area contributed by atoms with Crippen LogP contribution in [0.4, 0.5) is 11.4 Å². The third kappa shape index (κ3) is 4.81. The molecule has 35 heavy (non-hydrogen) atoms. The number of nitrogens with one attached hydrogen (secondary N) is 3. The second-order valence-corrected chi connectivity index (χ2v) is 9.29. The fourth-order valence-corrected chi connectivity index (χ4v) is 5.04. The maximum absolute atomic E-state index is 12.9. The summed E-state index contributed by atoms with van der Waals surface area (Å²) in [6, 6.07) is 7.54. The van der Waals surface area contributed by atoms with Crippen LogP contribution < -0.4 is 20.1 Å². The molecule has 1 saturated heterocycles. The second-order valence-electron chi connectivity index (χ2n) is 8.88. The third-order valence-corrected chi connectivity index (χ3v) is 7.05. The summed E-state index contributed by atoms with van der Waals surface area (Å²) in [6.45, 7) is 2.28. The van der Waals surface area contributed by atoms with E-state index in [0.29, 0.717) is 23.1 Å². The van der Waals surface area contributed by atoms with E-state index in [1.165, 1.54) is 5.57 Å². The number of halogens is 1. The Labute approximate surface area is 209 Å². The van der Waals surface area contributed by atoms with Crippen molar-refractivity contribution in [2.45, 2.75) is 31.7 Å². The SMILES string of the molecule is COc1cc(Nc2ccnc3[nH]c(C4=CCN(C(=O)C5CCCCN5)CC4)cc23)c(OC)cc1Cl. The largest absolute Gasteiger partial charge is 0.495 e. The van der Waals surface area contributed by atoms with Crippen molar-refractivity contribution in [1.29, 1.82) is 0 Å². The minimum atomic E-state index is -0.0342. The number of nitrogens with zero attached hydrogens (tertiary/aromatic N) is 2. The summed E-state index contributed by atoms with van der Waals surface area (Å²) >= 11 is 6.26. The first kappa shape index (κ1) is 23.5. The molecule has 3 N–H and O–H groups in total. The molecule has 0 saturated carbocycles. The fraction of sp³-hybridized carbons (Fsp3) is 0.385. The number of hydrogen-bond acceptors (Lipinski definition) is 6. The number of ether oxygens (including phenoxy) is 2. The lowest BCUT2D eigenvalue weighted by Gasteiger charge is -2.32. The van der Waals surface area contributed by atoms with Gasteiger partial charge in [-0.25, -0.2) is 4.98 Å². The number of carbonyl (C=O) groups excluding carboxylic acids is 1. The minimum absolute atomic E-state index is 0.0342. The third-order valence-electron chi connectivity index (χ3n) is 6.75. The number of pyridine rings is 1. The van der Waals surface area contributed by atoms with Crippen LogP contribution in [-0.4, -0.2) is 60.7 Å². The fourth-order valence-electron chi connectivity index (χ4n) is 4.81. The second kappa shape index (κ2) is 10.2. The zero-order chi connectivity index (χ0) is 24.4. The van der Waals surface area contributed by atoms with Gasteiger partial charge in [-0.15, -0.1) is 0 Å². The Kier molecular flexibility index (Phi) is 6.83. The predicted molar refractivity (Wildman–Crippen MR) is 139 cm³/mol. The summed E-state index contributed by atoms with van der Waals surface area (Å²) in [5.74, 6) is 1.39. The monoisotopic (exact) mass is 495 g/mol. The Balaban J connectivity index is 1.37. The van der Waals surface area contributed by atoms with E-state index in [1.807, 2.05) is 17.0 Å². The molecule has 8 nitrogen and oxygen atoms in total. The number of H-pyrrole nitrogens is 1. The molecular formula is C26H30ClN5O3. The Morgan fingerprint density at radius 1 is 1.17 bits per heavy atom. The molecule has 4 heterocycles. The van der Waals surface area contributed by atoms with E-state index in [1.54, 1.807) is 26.5 Å². The first-order chi connectivity index (χ1) is 17.1. The first-order valence-corrected chi connectivity index (χ1v) is 12.3. The van der Waals surface area contributed by atoms with Crippen LogP contribution in [-0.2, 0) is 4.79 Å². The quantitative estimate of drug-likeness (QED) is 0.457. The average molecular weight is 496 g/mol. The van der Waals surface area contributed by atoms with Gasteiger partial charge in [-0.3, -0.25) is 4.79 Å². The maximum Gasteiger partial charge on any atom is 0.239 e. The van der Waals surface area contributed by atoms with Crippen molar-refractivity contribution in [3.05, 3.63) is 47.3 Å². The number of aromatic amines is 1. The molecule has 1 atom stereocenters. The van der Waals surface area contributed by atoms with Crippen LogP contribution in [0.1, 0.15) is 31.4 Å². The standard InChI is InChI=1S/C26H30ClN5O3/c1-34-23-15-22(24(35-2)14-18(23)27)30-19-6-10-29-25-17(19)13-21(31-25)16-7-11-32(12-8-16)26(33)20-5-3-4-9-28-20/h6-7,10,13-15,20,28H,3-5,8-9,11-12H2,1-2H3,(H2,29,30,31). The maximum atomic E-state index is 12.9. The molecule has 0 aliphatic carbocycles. The van der Waals surface area contributed by atoms with Crippen molar-refractivity contribution in [2.75, 3.05) is 39.2 Å². The van der Waals surface area contributed by atoms with E-state index in [4.69, 9.17) is 21.1 Å². The number of benzene rings is 1. The van der Waals surface area contributed by atoms with Gasteiger partial charge in [0.1, 0.15) is 17.1 Å². The smallest absolute Gasteiger partial charge is 0.239 e. The molecule has 1 amide bonds. The van der Waals surface area contributed by atoms with Crippen molar-refractivity contribution in [1.82, 2.24) is 20.2 Å². The van der Waals surface area contributed by atoms with E-state index in [9.17, 15) is 4.79 Å². The Bertz CT molecular complexity index is 1270. The Hall–Kier alpha value is -3.23. The lowest BCUT2D eigenvalue weighted by Crippen LogP contribution is -2.49. The van der Waals surface area contributed by atoms with Gasteiger partial charge >= 0.3 is 0 Å². The zero-order valence-corrected chi connectivity index (χ0v) is 20.7. The Morgan fingerprint density at radius 2 is 2.03 bits per heavy atom. The summed E-state index contributed by atoms with van der Waals surface area (Å²) in [5, 5.41) is 8.25. The Morgan fingerprint density at radius 3 is 2.74 bits per heavy atom. The van der Waals surface area contributed by atoms with E-state index < -0.39 is 0 Å². The molecule has 1 fully saturated rings. The molecule has 2 aliphatic heterocycles. The summed E-state index contributed by atoms with van der Waals surface area (Å²) in [5.41, 5.74) is 4.63. The molecule has 1 unspecified atom stereocenters. The number of hydrogen-bond donors (Lipinski definition) is 3. The van der Waals surface area contributed by atoms with Crippen molar-refractivity contribution >= 4 is 45.5 Å². The number of methoxy groups -OCH3 is 2. The summed E-state index contributed by atoms with van der Waals surface area (Å²) in [6.07, 6.45) is 7.91. The van der Waals surface area contributed by atoms with Gasteiger partial charge in [-0.2, -0.15) is 0 Å². The molecule has 2 aliphatic rings. The van der Waals surface area contributed by atoms with Gasteiger partial charge in [0.15, 0.2) is 0 Å². The van der Waals surface area contributed by atoms with E-state index >= 15 is 0 Å². The topological polar surface area (TPSA) is 91.5 Å². The van der Waals surface area contributed by atoms with Crippen LogP contribution in [0.5, 0.6) is 11.5 Å². The lowest BCUT2D eigenvalue weighted by atomic mass is 10.0. The van der Waals surface area contributed by atoms with E-state index in [0.717, 1.165) is 66.9 Å². The minimum Gasteiger partial charge on any atom is -0.495 e. The number of anilines is 2. The molecule has 0 bridgehead atoms. The van der Waals surface area contributed by atoms with Crippen molar-refractivity contribution in [3.8, 4) is 11.5 Å². The highest BCUT2D eigenvalue weighted by atomic mass is 35.5. The van der Waals surface area contributed by atoms with Crippen molar-refractivity contribution in [2.24, 2.45) is 0 Å². The molecule has 1 aromatic carbocycles. The number of rotatable bonds is 6. The van der Waals surface area contributed by atoms with Gasteiger partial charge in [-0.1, -0.05) is 24.1 Å². The molecular weight excluding hydrogens is 466 g/mol. The summed E-state index contributed by atoms with van der Waals surface area (Å²) in [7, 11) is 3.19. The van der Waals surface area contributed by atoms with Crippen LogP contribution in [0.15, 0.2) is 36.5 Å². The van der Waals surface area contributed by atoms with E-state index in [-0.39, 0.29) is 11.9 Å². The van der Waals surface area contributed by atoms with Crippen LogP contribution in [0.3, 0.4) is 0 Å². The van der Waals surface area contributed by atoms with E-state index in [2.05, 4.69) is 32.7 Å².